The summed E-state index contributed by atoms with van der Waals surface area (Å²) in [6.07, 6.45) is 5.25. The fourth-order valence-corrected chi connectivity index (χ4v) is 5.14. The zero-order valence-corrected chi connectivity index (χ0v) is 16.3. The Bertz CT molecular complexity index is 621. The molecule has 0 spiro atoms. The fourth-order valence-electron chi connectivity index (χ4n) is 5.14. The van der Waals surface area contributed by atoms with Crippen molar-refractivity contribution in [1.82, 2.24) is 15.3 Å². The number of hydrogen-bond acceptors (Lipinski definition) is 6. The molecule has 1 amide bonds. The van der Waals surface area contributed by atoms with Crippen molar-refractivity contribution in [2.45, 2.75) is 57.5 Å². The van der Waals surface area contributed by atoms with Crippen LogP contribution in [0.2, 0.25) is 0 Å². The summed E-state index contributed by atoms with van der Waals surface area (Å²) in [5.41, 5.74) is 4.50. The Kier molecular flexibility index (Phi) is 4.88. The highest BCUT2D eigenvalue weighted by Gasteiger charge is 2.51. The molecule has 144 valence electrons. The van der Waals surface area contributed by atoms with Crippen molar-refractivity contribution in [3.8, 4) is 0 Å². The molecule has 26 heavy (non-hydrogen) atoms. The van der Waals surface area contributed by atoms with Crippen LogP contribution in [0.5, 0.6) is 0 Å². The molecule has 0 bridgehead atoms. The van der Waals surface area contributed by atoms with Gasteiger partial charge in [0.2, 0.25) is 5.91 Å². The minimum Gasteiger partial charge on any atom is -0.380 e. The van der Waals surface area contributed by atoms with E-state index in [1.807, 2.05) is 11.9 Å². The minimum atomic E-state index is -0.0484. The molecule has 0 aromatic heterocycles. The smallest absolute Gasteiger partial charge is 0.233 e. The Morgan fingerprint density at radius 1 is 1.31 bits per heavy atom. The molecule has 0 aromatic carbocycles. The number of rotatable bonds is 3. The molecule has 2 saturated heterocycles. The van der Waals surface area contributed by atoms with Gasteiger partial charge < -0.3 is 9.64 Å². The van der Waals surface area contributed by atoms with Crippen molar-refractivity contribution in [2.75, 3.05) is 27.2 Å². The summed E-state index contributed by atoms with van der Waals surface area (Å²) in [6.45, 7) is 6.06. The Morgan fingerprint density at radius 2 is 2.12 bits per heavy atom. The molecule has 7 atom stereocenters. The van der Waals surface area contributed by atoms with E-state index in [1.54, 1.807) is 7.11 Å². The van der Waals surface area contributed by atoms with Crippen LogP contribution < -0.4 is 5.43 Å². The van der Waals surface area contributed by atoms with Gasteiger partial charge in [0.05, 0.1) is 36.8 Å². The lowest BCUT2D eigenvalue weighted by Crippen LogP contribution is -2.49. The molecule has 0 saturated carbocycles. The Morgan fingerprint density at radius 3 is 2.81 bits per heavy atom. The van der Waals surface area contributed by atoms with E-state index in [1.165, 1.54) is 0 Å². The van der Waals surface area contributed by atoms with Crippen molar-refractivity contribution in [2.24, 2.45) is 27.7 Å². The molecule has 1 N–H and O–H groups in total. The molecular formula is C19H31N5O2. The van der Waals surface area contributed by atoms with E-state index in [2.05, 4.69) is 35.5 Å². The Hall–Kier alpha value is -1.31. The van der Waals surface area contributed by atoms with E-state index in [0.29, 0.717) is 11.8 Å². The zero-order valence-electron chi connectivity index (χ0n) is 16.3. The second-order valence-electron chi connectivity index (χ2n) is 8.36. The highest BCUT2D eigenvalue weighted by molar-refractivity contribution is 6.13. The number of likely N-dealkylation sites (tertiary alicyclic amines) is 1. The van der Waals surface area contributed by atoms with Gasteiger partial charge in [0.25, 0.3) is 0 Å². The maximum Gasteiger partial charge on any atom is 0.233 e. The third-order valence-electron chi connectivity index (χ3n) is 6.59. The number of amides is 1. The molecule has 7 heteroatoms. The third-order valence-corrected chi connectivity index (χ3v) is 6.59. The van der Waals surface area contributed by atoms with Crippen molar-refractivity contribution >= 4 is 17.8 Å². The summed E-state index contributed by atoms with van der Waals surface area (Å²) >= 11 is 0. The van der Waals surface area contributed by atoms with Crippen LogP contribution in [-0.4, -0.2) is 79.3 Å². The molecule has 4 heterocycles. The highest BCUT2D eigenvalue weighted by Crippen LogP contribution is 2.39. The first-order chi connectivity index (χ1) is 12.5. The summed E-state index contributed by atoms with van der Waals surface area (Å²) < 4.78 is 5.52. The first kappa shape index (κ1) is 18.1. The number of aliphatic imine (C=N–C) groups is 2. The van der Waals surface area contributed by atoms with Crippen LogP contribution in [0.4, 0.5) is 0 Å². The molecular weight excluding hydrogens is 330 g/mol. The number of hydrogen-bond donors (Lipinski definition) is 1. The number of nitrogens with zero attached hydrogens (tertiary/aromatic N) is 4. The predicted molar refractivity (Wildman–Crippen MR) is 101 cm³/mol. The van der Waals surface area contributed by atoms with E-state index in [9.17, 15) is 4.79 Å². The SMILES string of the molecule is COC1CN=CC(C2CC(C)C3C(=O)N(C4CCN(C)N4)C(C)C3=N2)C1. The first-order valence-corrected chi connectivity index (χ1v) is 9.89. The number of methoxy groups -OCH3 is 1. The van der Waals surface area contributed by atoms with Crippen molar-refractivity contribution < 1.29 is 9.53 Å². The number of ether oxygens (including phenoxy) is 1. The van der Waals surface area contributed by atoms with Gasteiger partial charge in [-0.2, -0.15) is 0 Å². The average Bonchev–Trinajstić information content (AvgIpc) is 3.16. The zero-order chi connectivity index (χ0) is 18.4. The first-order valence-electron chi connectivity index (χ1n) is 9.89. The lowest BCUT2D eigenvalue weighted by Gasteiger charge is -2.34. The van der Waals surface area contributed by atoms with Crippen LogP contribution >= 0.6 is 0 Å². The summed E-state index contributed by atoms with van der Waals surface area (Å²) in [5.74, 6) is 0.842. The second-order valence-corrected chi connectivity index (χ2v) is 8.36. The van der Waals surface area contributed by atoms with E-state index in [-0.39, 0.29) is 36.2 Å². The summed E-state index contributed by atoms with van der Waals surface area (Å²) in [5, 5.41) is 2.07. The van der Waals surface area contributed by atoms with Crippen molar-refractivity contribution in [1.29, 1.82) is 0 Å². The molecule has 4 aliphatic heterocycles. The maximum atomic E-state index is 13.2. The van der Waals surface area contributed by atoms with Gasteiger partial charge >= 0.3 is 0 Å². The van der Waals surface area contributed by atoms with Gasteiger partial charge in [-0.1, -0.05) is 6.92 Å². The Labute approximate surface area is 155 Å². The summed E-state index contributed by atoms with van der Waals surface area (Å²) in [4.78, 5) is 24.8. The van der Waals surface area contributed by atoms with Crippen LogP contribution in [0.15, 0.2) is 9.98 Å². The predicted octanol–water partition coefficient (Wildman–Crippen LogP) is 0.955. The minimum absolute atomic E-state index is 0.0484. The van der Waals surface area contributed by atoms with Crippen LogP contribution in [0.3, 0.4) is 0 Å². The van der Waals surface area contributed by atoms with Crippen LogP contribution in [-0.2, 0) is 9.53 Å². The molecule has 4 aliphatic rings. The van der Waals surface area contributed by atoms with E-state index in [0.717, 1.165) is 38.1 Å². The quantitative estimate of drug-likeness (QED) is 0.813. The van der Waals surface area contributed by atoms with E-state index >= 15 is 0 Å². The van der Waals surface area contributed by atoms with Gasteiger partial charge in [0.1, 0.15) is 0 Å². The van der Waals surface area contributed by atoms with Gasteiger partial charge in [-0.15, -0.1) is 0 Å². The Balaban J connectivity index is 1.57. The van der Waals surface area contributed by atoms with Gasteiger partial charge in [0.15, 0.2) is 0 Å². The normalized spacial score (nSPS) is 43.7. The third kappa shape index (κ3) is 3.00. The van der Waals surface area contributed by atoms with Gasteiger partial charge in [-0.25, -0.2) is 10.4 Å². The highest BCUT2D eigenvalue weighted by atomic mass is 16.5. The van der Waals surface area contributed by atoms with E-state index < -0.39 is 0 Å². The number of hydrazine groups is 1. The molecule has 7 nitrogen and oxygen atoms in total. The van der Waals surface area contributed by atoms with E-state index in [4.69, 9.17) is 9.73 Å². The molecule has 4 rings (SSSR count). The molecule has 0 aliphatic carbocycles. The number of carbonyl (C=O) groups is 1. The molecule has 7 unspecified atom stereocenters. The lowest BCUT2D eigenvalue weighted by molar-refractivity contribution is -0.135. The maximum absolute atomic E-state index is 13.2. The van der Waals surface area contributed by atoms with Crippen LogP contribution in [0, 0.1) is 17.8 Å². The second kappa shape index (κ2) is 7.02. The van der Waals surface area contributed by atoms with Crippen LogP contribution in [0.1, 0.15) is 33.1 Å². The van der Waals surface area contributed by atoms with Gasteiger partial charge in [-0.3, -0.25) is 14.8 Å². The number of nitrogens with one attached hydrogen (secondary N) is 1. The standard InChI is InChI=1S/C19H31N5O2/c1-11-7-15(13-8-14(26-4)10-20-9-13)21-18-12(2)24(19(25)17(11)18)16-5-6-23(3)22-16/h9,11-17,22H,5-8,10H2,1-4H3. The summed E-state index contributed by atoms with van der Waals surface area (Å²) in [6, 6.07) is 0.285. The molecule has 0 radical (unpaired) electrons. The number of fused-ring (bicyclic) bond motifs is 1. The van der Waals surface area contributed by atoms with Gasteiger partial charge in [0, 0.05) is 38.5 Å². The van der Waals surface area contributed by atoms with Crippen molar-refractivity contribution in [3.05, 3.63) is 0 Å². The molecule has 2 fully saturated rings. The van der Waals surface area contributed by atoms with Crippen LogP contribution in [0.25, 0.3) is 0 Å². The van der Waals surface area contributed by atoms with Crippen molar-refractivity contribution in [3.63, 3.8) is 0 Å². The number of carbonyl (C=O) groups excluding carboxylic acids is 1. The summed E-state index contributed by atoms with van der Waals surface area (Å²) in [7, 11) is 3.79. The average molecular weight is 361 g/mol. The van der Waals surface area contributed by atoms with Gasteiger partial charge in [-0.05, 0) is 32.1 Å². The topological polar surface area (TPSA) is 69.5 Å². The fraction of sp³-hybridized carbons (Fsp3) is 0.842. The lowest BCUT2D eigenvalue weighted by atomic mass is 9.77. The monoisotopic (exact) mass is 361 g/mol. The largest absolute Gasteiger partial charge is 0.380 e. The molecule has 0 aromatic rings.